The Morgan fingerprint density at radius 1 is 0.920 bits per heavy atom. The highest BCUT2D eigenvalue weighted by atomic mass is 15.0. The molecule has 1 unspecified atom stereocenters. The largest absolute Gasteiger partial charge is 0.303 e. The first-order valence-corrected chi connectivity index (χ1v) is 9.24. The van der Waals surface area contributed by atoms with E-state index in [9.17, 15) is 0 Å². The highest BCUT2D eigenvalue weighted by Gasteiger charge is 2.34. The summed E-state index contributed by atoms with van der Waals surface area (Å²) in [6, 6.07) is 13.1. The van der Waals surface area contributed by atoms with E-state index in [4.69, 9.17) is 4.98 Å². The van der Waals surface area contributed by atoms with Gasteiger partial charge in [-0.15, -0.1) is 0 Å². The van der Waals surface area contributed by atoms with Crippen molar-refractivity contribution in [3.8, 4) is 11.3 Å². The third kappa shape index (κ3) is 3.35. The van der Waals surface area contributed by atoms with Crippen LogP contribution in [0.5, 0.6) is 0 Å². The van der Waals surface area contributed by atoms with Crippen LogP contribution in [0.25, 0.3) is 16.9 Å². The van der Waals surface area contributed by atoms with E-state index < -0.39 is 0 Å². The van der Waals surface area contributed by atoms with Crippen LogP contribution in [-0.2, 0) is 0 Å². The number of imidazole rings is 1. The molecule has 25 heavy (non-hydrogen) atoms. The fourth-order valence-corrected chi connectivity index (χ4v) is 4.11. The Balaban J connectivity index is 2.34. The lowest BCUT2D eigenvalue weighted by Gasteiger charge is -2.34. The molecule has 0 N–H and O–H groups in total. The number of aromatic nitrogens is 2. The number of benzene rings is 1. The van der Waals surface area contributed by atoms with E-state index in [0.29, 0.717) is 11.8 Å². The Morgan fingerprint density at radius 3 is 2.12 bits per heavy atom. The minimum Gasteiger partial charge on any atom is -0.303 e. The number of hydrogen-bond acceptors (Lipinski definition) is 1. The first-order valence-electron chi connectivity index (χ1n) is 9.24. The quantitative estimate of drug-likeness (QED) is 0.541. The summed E-state index contributed by atoms with van der Waals surface area (Å²) in [4.78, 5) is 5.05. The van der Waals surface area contributed by atoms with Crippen molar-refractivity contribution in [3.63, 3.8) is 0 Å². The molecule has 1 aromatic carbocycles. The van der Waals surface area contributed by atoms with Gasteiger partial charge in [0.05, 0.1) is 11.4 Å². The van der Waals surface area contributed by atoms with Crippen LogP contribution in [0.2, 0.25) is 0 Å². The lowest BCUT2D eigenvalue weighted by atomic mass is 9.71. The molecule has 0 spiro atoms. The predicted molar refractivity (Wildman–Crippen MR) is 107 cm³/mol. The number of pyridine rings is 1. The van der Waals surface area contributed by atoms with Crippen molar-refractivity contribution >= 4 is 5.65 Å². The molecule has 0 aliphatic carbocycles. The smallest absolute Gasteiger partial charge is 0.137 e. The number of nitrogens with zero attached hydrogens (tertiary/aromatic N) is 2. The fraction of sp³-hybridized carbons (Fsp3) is 0.435. The van der Waals surface area contributed by atoms with Gasteiger partial charge in [-0.25, -0.2) is 4.98 Å². The van der Waals surface area contributed by atoms with Crippen LogP contribution in [0.4, 0.5) is 0 Å². The van der Waals surface area contributed by atoms with Gasteiger partial charge in [0.25, 0.3) is 0 Å². The zero-order valence-electron chi connectivity index (χ0n) is 16.6. The van der Waals surface area contributed by atoms with E-state index in [-0.39, 0.29) is 5.41 Å². The Kier molecular flexibility index (Phi) is 4.49. The van der Waals surface area contributed by atoms with E-state index >= 15 is 0 Å². The second kappa shape index (κ2) is 6.33. The van der Waals surface area contributed by atoms with Gasteiger partial charge >= 0.3 is 0 Å². The van der Waals surface area contributed by atoms with Crippen molar-refractivity contribution in [2.75, 3.05) is 0 Å². The maximum atomic E-state index is 5.05. The van der Waals surface area contributed by atoms with Gasteiger partial charge in [-0.1, -0.05) is 64.4 Å². The van der Waals surface area contributed by atoms with E-state index in [1.807, 2.05) is 0 Å². The molecule has 0 bridgehead atoms. The second-order valence-electron chi connectivity index (χ2n) is 8.73. The average molecular weight is 335 g/mol. The average Bonchev–Trinajstić information content (AvgIpc) is 2.84. The summed E-state index contributed by atoms with van der Waals surface area (Å²) in [7, 11) is 0. The number of fused-ring (bicyclic) bond motifs is 1. The van der Waals surface area contributed by atoms with Gasteiger partial charge in [0.1, 0.15) is 5.65 Å². The summed E-state index contributed by atoms with van der Waals surface area (Å²) in [5.41, 5.74) is 7.39. The molecule has 0 radical (unpaired) electrons. The molecule has 2 aromatic heterocycles. The van der Waals surface area contributed by atoms with E-state index in [0.717, 1.165) is 11.3 Å². The third-order valence-electron chi connectivity index (χ3n) is 5.04. The standard InChI is InChI=1S/C23H30N2/c1-15(2)20(23(5,6)7)22-21(18-10-8-16(3)9-11-18)24-19-14-17(4)12-13-25(19)22/h8-15,20H,1-7H3. The molecule has 2 heterocycles. The topological polar surface area (TPSA) is 17.3 Å². The fourth-order valence-electron chi connectivity index (χ4n) is 4.11. The number of aryl methyl sites for hydroxylation is 2. The van der Waals surface area contributed by atoms with Gasteiger partial charge in [0, 0.05) is 17.7 Å². The van der Waals surface area contributed by atoms with Crippen LogP contribution in [-0.4, -0.2) is 9.38 Å². The molecule has 132 valence electrons. The van der Waals surface area contributed by atoms with E-state index in [2.05, 4.69) is 95.5 Å². The predicted octanol–water partition coefficient (Wildman–Crippen LogP) is 6.40. The zero-order valence-corrected chi connectivity index (χ0v) is 16.6. The van der Waals surface area contributed by atoms with Crippen molar-refractivity contribution in [2.45, 2.75) is 54.4 Å². The first-order chi connectivity index (χ1) is 11.7. The van der Waals surface area contributed by atoms with Crippen molar-refractivity contribution in [3.05, 3.63) is 59.4 Å². The minimum atomic E-state index is 0.161. The minimum absolute atomic E-state index is 0.161. The van der Waals surface area contributed by atoms with Gasteiger partial charge in [-0.3, -0.25) is 0 Å². The lowest BCUT2D eigenvalue weighted by molar-refractivity contribution is 0.252. The van der Waals surface area contributed by atoms with Crippen LogP contribution >= 0.6 is 0 Å². The SMILES string of the molecule is Cc1ccc(-c2nc3cc(C)ccn3c2C(C(C)C)C(C)(C)C)cc1. The molecular formula is C23H30N2. The summed E-state index contributed by atoms with van der Waals surface area (Å²) in [5, 5.41) is 0. The number of hydrogen-bond donors (Lipinski definition) is 0. The normalized spacial score (nSPS) is 13.6. The van der Waals surface area contributed by atoms with E-state index in [1.165, 1.54) is 22.4 Å². The van der Waals surface area contributed by atoms with Gasteiger partial charge in [-0.2, -0.15) is 0 Å². The molecule has 0 aliphatic heterocycles. The Bertz CT molecular complexity index is 877. The Morgan fingerprint density at radius 2 is 1.56 bits per heavy atom. The molecular weight excluding hydrogens is 304 g/mol. The monoisotopic (exact) mass is 334 g/mol. The van der Waals surface area contributed by atoms with Gasteiger partial charge in [-0.05, 0) is 42.9 Å². The van der Waals surface area contributed by atoms with Crippen molar-refractivity contribution in [1.82, 2.24) is 9.38 Å². The van der Waals surface area contributed by atoms with Gasteiger partial charge < -0.3 is 4.40 Å². The molecule has 0 fully saturated rings. The molecule has 3 rings (SSSR count). The third-order valence-corrected chi connectivity index (χ3v) is 5.04. The molecule has 3 aromatic rings. The molecule has 1 atom stereocenters. The maximum Gasteiger partial charge on any atom is 0.137 e. The molecule has 0 saturated heterocycles. The number of rotatable bonds is 3. The van der Waals surface area contributed by atoms with E-state index in [1.54, 1.807) is 0 Å². The lowest BCUT2D eigenvalue weighted by Crippen LogP contribution is -2.25. The first kappa shape index (κ1) is 17.7. The highest BCUT2D eigenvalue weighted by molar-refractivity contribution is 5.68. The van der Waals surface area contributed by atoms with Crippen LogP contribution in [0.1, 0.15) is 57.4 Å². The molecule has 0 aliphatic rings. The summed E-state index contributed by atoms with van der Waals surface area (Å²) in [6.07, 6.45) is 2.19. The summed E-state index contributed by atoms with van der Waals surface area (Å²) < 4.78 is 2.30. The van der Waals surface area contributed by atoms with Gasteiger partial charge in [0.2, 0.25) is 0 Å². The zero-order chi connectivity index (χ0) is 18.4. The summed E-state index contributed by atoms with van der Waals surface area (Å²) in [5.74, 6) is 0.951. The Labute approximate surface area is 151 Å². The molecule has 2 heteroatoms. The van der Waals surface area contributed by atoms with Crippen LogP contribution < -0.4 is 0 Å². The summed E-state index contributed by atoms with van der Waals surface area (Å²) in [6.45, 7) is 15.9. The second-order valence-corrected chi connectivity index (χ2v) is 8.73. The van der Waals surface area contributed by atoms with Crippen LogP contribution in [0.3, 0.4) is 0 Å². The van der Waals surface area contributed by atoms with Crippen LogP contribution in [0.15, 0.2) is 42.6 Å². The van der Waals surface area contributed by atoms with Gasteiger partial charge in [0.15, 0.2) is 0 Å². The van der Waals surface area contributed by atoms with Crippen molar-refractivity contribution in [1.29, 1.82) is 0 Å². The van der Waals surface area contributed by atoms with Crippen molar-refractivity contribution in [2.24, 2.45) is 11.3 Å². The molecule has 2 nitrogen and oxygen atoms in total. The highest BCUT2D eigenvalue weighted by Crippen LogP contribution is 2.44. The van der Waals surface area contributed by atoms with Crippen LogP contribution in [0, 0.1) is 25.2 Å². The molecule has 0 saturated carbocycles. The maximum absolute atomic E-state index is 5.05. The summed E-state index contributed by atoms with van der Waals surface area (Å²) >= 11 is 0. The molecule has 0 amide bonds. The Hall–Kier alpha value is -2.09. The van der Waals surface area contributed by atoms with Crippen molar-refractivity contribution < 1.29 is 0 Å².